The van der Waals surface area contributed by atoms with Gasteiger partial charge in [0.15, 0.2) is 0 Å². The van der Waals surface area contributed by atoms with Gasteiger partial charge >= 0.3 is 0 Å². The van der Waals surface area contributed by atoms with Crippen LogP contribution in [0.1, 0.15) is 26.2 Å². The van der Waals surface area contributed by atoms with Gasteiger partial charge in [-0.1, -0.05) is 19.8 Å². The molecular weight excluding hydrogens is 168 g/mol. The van der Waals surface area contributed by atoms with E-state index in [1.54, 1.807) is 0 Å². The molecule has 0 aliphatic heterocycles. The van der Waals surface area contributed by atoms with Crippen LogP contribution in [0.25, 0.3) is 0 Å². The third kappa shape index (κ3) is 3.66. The van der Waals surface area contributed by atoms with Crippen molar-refractivity contribution in [2.24, 2.45) is 11.6 Å². The van der Waals surface area contributed by atoms with Gasteiger partial charge in [0.25, 0.3) is 10.1 Å². The summed E-state index contributed by atoms with van der Waals surface area (Å²) in [5, 5.41) is -0.993. The Morgan fingerprint density at radius 2 is 2.09 bits per heavy atom. The Hall–Kier alpha value is -0.170. The second kappa shape index (κ2) is 4.66. The molecule has 5 nitrogen and oxygen atoms in total. The summed E-state index contributed by atoms with van der Waals surface area (Å²) in [5.41, 5.74) is 5.26. The lowest BCUT2D eigenvalue weighted by molar-refractivity contribution is 0.323. The van der Waals surface area contributed by atoms with Crippen LogP contribution in [0.5, 0.6) is 0 Å². The first-order valence-corrected chi connectivity index (χ1v) is 4.89. The fourth-order valence-electron chi connectivity index (χ4n) is 0.621. The second-order valence-electron chi connectivity index (χ2n) is 2.27. The van der Waals surface area contributed by atoms with E-state index >= 15 is 0 Å². The highest BCUT2D eigenvalue weighted by atomic mass is 32.2. The molecule has 0 spiro atoms. The SMILES string of the molecule is CCCCC(N)S(=O)(=O)ON. The smallest absolute Gasteiger partial charge is 0.298 e. The molecule has 0 aromatic heterocycles. The highest BCUT2D eigenvalue weighted by molar-refractivity contribution is 7.87. The Labute approximate surface area is 66.8 Å². The van der Waals surface area contributed by atoms with Gasteiger partial charge < -0.3 is 5.73 Å². The molecule has 1 unspecified atom stereocenters. The molecule has 0 heterocycles. The molecular formula is C5H14N2O3S. The Balaban J connectivity index is 3.93. The van der Waals surface area contributed by atoms with E-state index in [0.717, 1.165) is 12.8 Å². The molecule has 1 atom stereocenters. The van der Waals surface area contributed by atoms with Crippen molar-refractivity contribution in [3.05, 3.63) is 0 Å². The monoisotopic (exact) mass is 182 g/mol. The highest BCUT2D eigenvalue weighted by Gasteiger charge is 2.20. The third-order valence-electron chi connectivity index (χ3n) is 1.35. The van der Waals surface area contributed by atoms with Gasteiger partial charge in [0.05, 0.1) is 0 Å². The molecule has 0 aromatic carbocycles. The lowest BCUT2D eigenvalue weighted by atomic mass is 10.2. The summed E-state index contributed by atoms with van der Waals surface area (Å²) >= 11 is 0. The topological polar surface area (TPSA) is 95.4 Å². The number of hydrogen-bond acceptors (Lipinski definition) is 5. The van der Waals surface area contributed by atoms with Crippen LogP contribution in [0.3, 0.4) is 0 Å². The van der Waals surface area contributed by atoms with Crippen LogP contribution in [-0.4, -0.2) is 13.8 Å². The van der Waals surface area contributed by atoms with Crippen LogP contribution in [-0.2, 0) is 14.4 Å². The maximum absolute atomic E-state index is 10.7. The normalized spacial score (nSPS) is 14.8. The zero-order valence-corrected chi connectivity index (χ0v) is 7.30. The number of unbranched alkanes of at least 4 members (excludes halogenated alkanes) is 1. The lowest BCUT2D eigenvalue weighted by Gasteiger charge is -2.08. The average molecular weight is 182 g/mol. The van der Waals surface area contributed by atoms with Gasteiger partial charge in [-0.3, -0.25) is 0 Å². The van der Waals surface area contributed by atoms with Gasteiger partial charge in [0.2, 0.25) is 0 Å². The molecule has 0 amide bonds. The molecule has 6 heteroatoms. The molecule has 0 saturated carbocycles. The maximum atomic E-state index is 10.7. The zero-order chi connectivity index (χ0) is 8.91. The van der Waals surface area contributed by atoms with E-state index in [1.807, 2.05) is 6.92 Å². The van der Waals surface area contributed by atoms with Crippen molar-refractivity contribution in [1.82, 2.24) is 0 Å². The van der Waals surface area contributed by atoms with Crippen LogP contribution in [0, 0.1) is 0 Å². The first kappa shape index (κ1) is 10.8. The molecule has 0 aliphatic rings. The van der Waals surface area contributed by atoms with Crippen molar-refractivity contribution in [2.45, 2.75) is 31.6 Å². The molecule has 0 bridgehead atoms. The predicted molar refractivity (Wildman–Crippen MR) is 41.7 cm³/mol. The summed E-state index contributed by atoms with van der Waals surface area (Å²) in [6, 6.07) is 0. The van der Waals surface area contributed by atoms with Crippen molar-refractivity contribution in [2.75, 3.05) is 0 Å². The zero-order valence-electron chi connectivity index (χ0n) is 6.49. The molecule has 0 radical (unpaired) electrons. The molecule has 0 saturated heterocycles. The van der Waals surface area contributed by atoms with Crippen LogP contribution >= 0.6 is 0 Å². The predicted octanol–water partition coefficient (Wildman–Crippen LogP) is -0.318. The van der Waals surface area contributed by atoms with E-state index < -0.39 is 15.5 Å². The molecule has 0 rings (SSSR count). The largest absolute Gasteiger partial charge is 0.313 e. The summed E-state index contributed by atoms with van der Waals surface area (Å²) in [4.78, 5) is 0. The summed E-state index contributed by atoms with van der Waals surface area (Å²) in [6.07, 6.45) is 2.04. The van der Waals surface area contributed by atoms with Crippen molar-refractivity contribution < 1.29 is 12.7 Å². The van der Waals surface area contributed by atoms with E-state index in [4.69, 9.17) is 5.73 Å². The number of hydrogen-bond donors (Lipinski definition) is 2. The third-order valence-corrected chi connectivity index (χ3v) is 2.59. The van der Waals surface area contributed by atoms with Gasteiger partial charge in [0, 0.05) is 0 Å². The van der Waals surface area contributed by atoms with Gasteiger partial charge in [-0.15, -0.1) is 0 Å². The molecule has 0 aliphatic carbocycles. The number of rotatable bonds is 5. The minimum atomic E-state index is -3.71. The van der Waals surface area contributed by atoms with Gasteiger partial charge in [-0.25, -0.2) is 0 Å². The van der Waals surface area contributed by atoms with Crippen molar-refractivity contribution in [3.8, 4) is 0 Å². The standard InChI is InChI=1S/C5H14N2O3S/c1-2-3-4-5(6)11(8,9)10-7/h5H,2-4,6-7H2,1H3. The first-order chi connectivity index (χ1) is 5.04. The summed E-state index contributed by atoms with van der Waals surface area (Å²) in [7, 11) is -3.71. The summed E-state index contributed by atoms with van der Waals surface area (Å²) in [6.45, 7) is 1.95. The fraction of sp³-hybridized carbons (Fsp3) is 1.00. The van der Waals surface area contributed by atoms with E-state index in [0.29, 0.717) is 6.42 Å². The minimum absolute atomic E-state index is 0.385. The Bertz CT molecular complexity index is 190. The highest BCUT2D eigenvalue weighted by Crippen LogP contribution is 2.04. The van der Waals surface area contributed by atoms with Crippen LogP contribution in [0.2, 0.25) is 0 Å². The minimum Gasteiger partial charge on any atom is -0.313 e. The Kier molecular flexibility index (Phi) is 4.58. The molecule has 68 valence electrons. The maximum Gasteiger partial charge on any atom is 0.298 e. The van der Waals surface area contributed by atoms with Crippen LogP contribution in [0.15, 0.2) is 0 Å². The van der Waals surface area contributed by atoms with Crippen LogP contribution < -0.4 is 11.6 Å². The summed E-state index contributed by atoms with van der Waals surface area (Å²) < 4.78 is 25.2. The van der Waals surface area contributed by atoms with E-state index in [9.17, 15) is 8.42 Å². The van der Waals surface area contributed by atoms with Crippen LogP contribution in [0.4, 0.5) is 0 Å². The Morgan fingerprint density at radius 3 is 2.45 bits per heavy atom. The van der Waals surface area contributed by atoms with E-state index in [2.05, 4.69) is 10.2 Å². The van der Waals surface area contributed by atoms with Crippen molar-refractivity contribution in [1.29, 1.82) is 0 Å². The second-order valence-corrected chi connectivity index (χ2v) is 4.05. The molecule has 4 N–H and O–H groups in total. The Morgan fingerprint density at radius 1 is 1.55 bits per heavy atom. The molecule has 11 heavy (non-hydrogen) atoms. The van der Waals surface area contributed by atoms with Gasteiger partial charge in [-0.2, -0.15) is 18.6 Å². The van der Waals surface area contributed by atoms with E-state index in [1.165, 1.54) is 0 Å². The average Bonchev–Trinajstić information content (AvgIpc) is 2.00. The number of nitrogens with two attached hydrogens (primary N) is 2. The fourth-order valence-corrected chi connectivity index (χ4v) is 1.22. The summed E-state index contributed by atoms with van der Waals surface area (Å²) in [5.74, 6) is 4.51. The quantitative estimate of drug-likeness (QED) is 0.568. The van der Waals surface area contributed by atoms with Gasteiger partial charge in [0.1, 0.15) is 5.37 Å². The first-order valence-electron chi connectivity index (χ1n) is 3.42. The molecule has 0 fully saturated rings. The van der Waals surface area contributed by atoms with Crippen molar-refractivity contribution >= 4 is 10.1 Å². The van der Waals surface area contributed by atoms with E-state index in [-0.39, 0.29) is 0 Å². The van der Waals surface area contributed by atoms with Gasteiger partial charge in [-0.05, 0) is 6.42 Å². The lowest BCUT2D eigenvalue weighted by Crippen LogP contribution is -2.33. The molecule has 0 aromatic rings. The van der Waals surface area contributed by atoms with Crippen molar-refractivity contribution in [3.63, 3.8) is 0 Å².